The van der Waals surface area contributed by atoms with Crippen LogP contribution in [0, 0.1) is 12.7 Å². The Balaban J connectivity index is 2.57. The summed E-state index contributed by atoms with van der Waals surface area (Å²) in [6.07, 6.45) is 0.612. The lowest BCUT2D eigenvalue weighted by Gasteiger charge is -2.10. The summed E-state index contributed by atoms with van der Waals surface area (Å²) in [7, 11) is -3.01. The minimum Gasteiger partial charge on any atom is -0.381 e. The smallest absolute Gasteiger partial charge is 0.152 e. The first-order valence-corrected chi connectivity index (χ1v) is 7.48. The summed E-state index contributed by atoms with van der Waals surface area (Å²) in [5.74, 6) is -0.127. The average molecular weight is 259 g/mol. The first-order chi connectivity index (χ1) is 7.96. The molecule has 0 saturated heterocycles. The van der Waals surface area contributed by atoms with Gasteiger partial charge in [0.1, 0.15) is 5.82 Å². The van der Waals surface area contributed by atoms with E-state index in [1.165, 1.54) is 6.07 Å². The van der Waals surface area contributed by atoms with Gasteiger partial charge < -0.3 is 5.32 Å². The third-order valence-corrected chi connectivity index (χ3v) is 4.31. The quantitative estimate of drug-likeness (QED) is 0.853. The van der Waals surface area contributed by atoms with Gasteiger partial charge in [-0.05, 0) is 25.0 Å². The van der Waals surface area contributed by atoms with Gasteiger partial charge in [-0.15, -0.1) is 0 Å². The fourth-order valence-corrected chi connectivity index (χ4v) is 2.84. The van der Waals surface area contributed by atoms with Gasteiger partial charge in [-0.3, -0.25) is 0 Å². The van der Waals surface area contributed by atoms with E-state index in [1.807, 2.05) is 6.92 Å². The molecule has 5 heteroatoms. The zero-order valence-corrected chi connectivity index (χ0v) is 11.0. The molecule has 17 heavy (non-hydrogen) atoms. The molecule has 0 saturated carbocycles. The number of rotatable bonds is 6. The van der Waals surface area contributed by atoms with E-state index in [1.54, 1.807) is 19.1 Å². The van der Waals surface area contributed by atoms with Crippen LogP contribution >= 0.6 is 0 Å². The number of para-hydroxylation sites is 1. The molecule has 0 fully saturated rings. The number of hydrogen-bond donors (Lipinski definition) is 1. The van der Waals surface area contributed by atoms with Crippen molar-refractivity contribution in [2.24, 2.45) is 0 Å². The normalized spacial score (nSPS) is 11.5. The van der Waals surface area contributed by atoms with Crippen molar-refractivity contribution in [3.63, 3.8) is 0 Å². The number of aryl methyl sites for hydroxylation is 1. The van der Waals surface area contributed by atoms with E-state index < -0.39 is 9.84 Å². The SMILES string of the molecule is CCCS(=O)(=O)CCNc1c(C)cccc1F. The molecule has 3 nitrogen and oxygen atoms in total. The molecule has 96 valence electrons. The van der Waals surface area contributed by atoms with Gasteiger partial charge >= 0.3 is 0 Å². The van der Waals surface area contributed by atoms with Crippen molar-refractivity contribution in [2.45, 2.75) is 20.3 Å². The van der Waals surface area contributed by atoms with Crippen LogP contribution in [0.1, 0.15) is 18.9 Å². The van der Waals surface area contributed by atoms with Crippen molar-refractivity contribution >= 4 is 15.5 Å². The largest absolute Gasteiger partial charge is 0.381 e. The summed E-state index contributed by atoms with van der Waals surface area (Å²) in [5.41, 5.74) is 1.16. The highest BCUT2D eigenvalue weighted by atomic mass is 32.2. The number of hydrogen-bond acceptors (Lipinski definition) is 3. The van der Waals surface area contributed by atoms with E-state index in [2.05, 4.69) is 5.32 Å². The molecule has 0 spiro atoms. The number of nitrogens with one attached hydrogen (secondary N) is 1. The van der Waals surface area contributed by atoms with Gasteiger partial charge in [-0.25, -0.2) is 12.8 Å². The van der Waals surface area contributed by atoms with E-state index in [9.17, 15) is 12.8 Å². The highest BCUT2D eigenvalue weighted by Gasteiger charge is 2.10. The summed E-state index contributed by atoms with van der Waals surface area (Å²) >= 11 is 0. The number of benzene rings is 1. The van der Waals surface area contributed by atoms with Crippen LogP contribution in [0.5, 0.6) is 0 Å². The summed E-state index contributed by atoms with van der Waals surface area (Å²) in [6, 6.07) is 4.77. The Bertz CT molecular complexity index is 451. The molecule has 0 amide bonds. The monoisotopic (exact) mass is 259 g/mol. The van der Waals surface area contributed by atoms with Crippen molar-refractivity contribution in [3.8, 4) is 0 Å². The van der Waals surface area contributed by atoms with Crippen LogP contribution < -0.4 is 5.32 Å². The molecule has 0 atom stereocenters. The third kappa shape index (κ3) is 4.34. The van der Waals surface area contributed by atoms with Crippen molar-refractivity contribution < 1.29 is 12.8 Å². The van der Waals surface area contributed by atoms with Crippen molar-refractivity contribution in [2.75, 3.05) is 23.4 Å². The zero-order valence-electron chi connectivity index (χ0n) is 10.2. The molecule has 1 aromatic carbocycles. The van der Waals surface area contributed by atoms with Crippen LogP contribution in [0.25, 0.3) is 0 Å². The average Bonchev–Trinajstić information content (AvgIpc) is 2.22. The fourth-order valence-electron chi connectivity index (χ4n) is 1.60. The summed E-state index contributed by atoms with van der Waals surface area (Å²) in [4.78, 5) is 0. The summed E-state index contributed by atoms with van der Waals surface area (Å²) in [5, 5.41) is 2.84. The van der Waals surface area contributed by atoms with Crippen LogP contribution in [0.4, 0.5) is 10.1 Å². The Morgan fingerprint density at radius 3 is 2.59 bits per heavy atom. The van der Waals surface area contributed by atoms with Gasteiger partial charge in [-0.2, -0.15) is 0 Å². The lowest BCUT2D eigenvalue weighted by atomic mass is 10.2. The van der Waals surface area contributed by atoms with Crippen LogP contribution in [0.3, 0.4) is 0 Å². The van der Waals surface area contributed by atoms with Crippen LogP contribution in [-0.4, -0.2) is 26.5 Å². The van der Waals surface area contributed by atoms with Crippen molar-refractivity contribution in [1.29, 1.82) is 0 Å². The second kappa shape index (κ2) is 6.00. The van der Waals surface area contributed by atoms with Crippen molar-refractivity contribution in [1.82, 2.24) is 0 Å². The Kier molecular flexibility index (Phi) is 4.93. The topological polar surface area (TPSA) is 46.2 Å². The molecule has 1 aromatic rings. The molecule has 1 rings (SSSR count). The van der Waals surface area contributed by atoms with Gasteiger partial charge in [0, 0.05) is 12.3 Å². The zero-order chi connectivity index (χ0) is 12.9. The van der Waals surface area contributed by atoms with Crippen LogP contribution in [0.15, 0.2) is 18.2 Å². The molecule has 0 aliphatic carbocycles. The number of halogens is 1. The van der Waals surface area contributed by atoms with E-state index in [0.29, 0.717) is 12.1 Å². The molecule has 0 aromatic heterocycles. The summed E-state index contributed by atoms with van der Waals surface area (Å²) < 4.78 is 36.3. The minimum atomic E-state index is -3.01. The lowest BCUT2D eigenvalue weighted by molar-refractivity contribution is 0.594. The van der Waals surface area contributed by atoms with Gasteiger partial charge in [0.05, 0.1) is 11.4 Å². The Morgan fingerprint density at radius 1 is 1.29 bits per heavy atom. The maximum Gasteiger partial charge on any atom is 0.152 e. The van der Waals surface area contributed by atoms with Gasteiger partial charge in [0.15, 0.2) is 9.84 Å². The maximum absolute atomic E-state index is 13.4. The molecule has 1 N–H and O–H groups in total. The van der Waals surface area contributed by atoms with Crippen LogP contribution in [0.2, 0.25) is 0 Å². The molecule has 0 aliphatic rings. The highest BCUT2D eigenvalue weighted by molar-refractivity contribution is 7.91. The molecular weight excluding hydrogens is 241 g/mol. The molecular formula is C12H18FNO2S. The Labute approximate surface area is 102 Å². The van der Waals surface area contributed by atoms with Gasteiger partial charge in [0.25, 0.3) is 0 Å². The second-order valence-electron chi connectivity index (χ2n) is 4.01. The molecule has 0 aliphatic heterocycles. The molecule has 0 unspecified atom stereocenters. The minimum absolute atomic E-state index is 0.0363. The first kappa shape index (κ1) is 14.0. The Morgan fingerprint density at radius 2 is 2.00 bits per heavy atom. The lowest BCUT2D eigenvalue weighted by Crippen LogP contribution is -2.18. The standard InChI is InChI=1S/C12H18FNO2S/c1-3-8-17(15,16)9-7-14-12-10(2)5-4-6-11(12)13/h4-6,14H,3,7-9H2,1-2H3. The van der Waals surface area contributed by atoms with Gasteiger partial charge in [-0.1, -0.05) is 19.1 Å². The molecule has 0 heterocycles. The molecule has 0 bridgehead atoms. The first-order valence-electron chi connectivity index (χ1n) is 5.65. The second-order valence-corrected chi connectivity index (χ2v) is 6.31. The van der Waals surface area contributed by atoms with Crippen molar-refractivity contribution in [3.05, 3.63) is 29.6 Å². The van der Waals surface area contributed by atoms with Gasteiger partial charge in [0.2, 0.25) is 0 Å². The molecule has 0 radical (unpaired) electrons. The highest BCUT2D eigenvalue weighted by Crippen LogP contribution is 2.18. The van der Waals surface area contributed by atoms with E-state index in [4.69, 9.17) is 0 Å². The predicted octanol–water partition coefficient (Wildman–Crippen LogP) is 2.37. The predicted molar refractivity (Wildman–Crippen MR) is 68.6 cm³/mol. The number of sulfone groups is 1. The number of anilines is 1. The summed E-state index contributed by atoms with van der Waals surface area (Å²) in [6.45, 7) is 3.85. The maximum atomic E-state index is 13.4. The Hall–Kier alpha value is -1.10. The third-order valence-electron chi connectivity index (χ3n) is 2.45. The van der Waals surface area contributed by atoms with E-state index in [0.717, 1.165) is 5.56 Å². The van der Waals surface area contributed by atoms with E-state index >= 15 is 0 Å². The van der Waals surface area contributed by atoms with Crippen LogP contribution in [-0.2, 0) is 9.84 Å². The van der Waals surface area contributed by atoms with E-state index in [-0.39, 0.29) is 23.9 Å². The fraction of sp³-hybridized carbons (Fsp3) is 0.500.